The van der Waals surface area contributed by atoms with Crippen molar-refractivity contribution in [2.45, 2.75) is 19.4 Å². The van der Waals surface area contributed by atoms with Crippen molar-refractivity contribution in [3.8, 4) is 0 Å². The van der Waals surface area contributed by atoms with Crippen LogP contribution in [0.25, 0.3) is 0 Å². The van der Waals surface area contributed by atoms with Gasteiger partial charge in [0, 0.05) is 12.6 Å². The predicted molar refractivity (Wildman–Crippen MR) is 42.1 cm³/mol. The van der Waals surface area contributed by atoms with Gasteiger partial charge in [0.05, 0.1) is 0 Å². The fourth-order valence-electron chi connectivity index (χ4n) is 1.04. The molecule has 0 aliphatic carbocycles. The molecule has 0 radical (unpaired) electrons. The number of aromatic nitrogens is 3. The van der Waals surface area contributed by atoms with Crippen molar-refractivity contribution in [1.29, 1.82) is 0 Å². The third kappa shape index (κ3) is 1.48. The van der Waals surface area contributed by atoms with Gasteiger partial charge in [-0.15, -0.1) is 0 Å². The van der Waals surface area contributed by atoms with Gasteiger partial charge in [-0.1, -0.05) is 0 Å². The SMILES string of the molecule is CC(CCO)n1c(=O)[nH][nH]c1=O. The molecule has 0 spiro atoms. The molecule has 68 valence electrons. The second-order valence-electron chi connectivity index (χ2n) is 2.59. The molecule has 0 saturated heterocycles. The van der Waals surface area contributed by atoms with E-state index in [-0.39, 0.29) is 12.6 Å². The van der Waals surface area contributed by atoms with Crippen LogP contribution in [-0.2, 0) is 0 Å². The first kappa shape index (κ1) is 8.79. The summed E-state index contributed by atoms with van der Waals surface area (Å²) in [6.07, 6.45) is 0.390. The number of rotatable bonds is 3. The van der Waals surface area contributed by atoms with Gasteiger partial charge < -0.3 is 5.11 Å². The maximum atomic E-state index is 11.0. The van der Waals surface area contributed by atoms with Gasteiger partial charge in [0.15, 0.2) is 0 Å². The average molecular weight is 173 g/mol. The number of nitrogens with zero attached hydrogens (tertiary/aromatic N) is 1. The molecule has 0 saturated carbocycles. The minimum Gasteiger partial charge on any atom is -0.396 e. The van der Waals surface area contributed by atoms with Crippen LogP contribution in [0.15, 0.2) is 9.59 Å². The maximum Gasteiger partial charge on any atom is 0.344 e. The first-order valence-electron chi connectivity index (χ1n) is 3.67. The Kier molecular flexibility index (Phi) is 2.49. The van der Waals surface area contributed by atoms with Gasteiger partial charge >= 0.3 is 11.4 Å². The Bertz CT molecular complexity index is 320. The highest BCUT2D eigenvalue weighted by atomic mass is 16.3. The first-order valence-corrected chi connectivity index (χ1v) is 3.67. The van der Waals surface area contributed by atoms with E-state index in [1.807, 2.05) is 0 Å². The van der Waals surface area contributed by atoms with Crippen LogP contribution in [-0.4, -0.2) is 26.5 Å². The van der Waals surface area contributed by atoms with Crippen molar-refractivity contribution in [3.63, 3.8) is 0 Å². The van der Waals surface area contributed by atoms with Crippen molar-refractivity contribution < 1.29 is 5.11 Å². The highest BCUT2D eigenvalue weighted by Gasteiger charge is 2.09. The van der Waals surface area contributed by atoms with E-state index in [4.69, 9.17) is 5.11 Å². The molecular formula is C6H11N3O3. The number of aliphatic hydroxyl groups is 1. The normalized spacial score (nSPS) is 13.2. The van der Waals surface area contributed by atoms with E-state index < -0.39 is 11.4 Å². The number of aromatic amines is 2. The highest BCUT2D eigenvalue weighted by Crippen LogP contribution is 2.01. The number of hydrogen-bond donors (Lipinski definition) is 3. The molecule has 0 fully saturated rings. The van der Waals surface area contributed by atoms with Crippen LogP contribution in [0, 0.1) is 0 Å². The van der Waals surface area contributed by atoms with Gasteiger partial charge in [-0.2, -0.15) is 0 Å². The monoisotopic (exact) mass is 173 g/mol. The molecule has 0 aliphatic rings. The van der Waals surface area contributed by atoms with Crippen molar-refractivity contribution in [3.05, 3.63) is 21.0 Å². The van der Waals surface area contributed by atoms with Crippen molar-refractivity contribution in [2.75, 3.05) is 6.61 Å². The molecule has 1 aromatic heterocycles. The topological polar surface area (TPSA) is 90.9 Å². The predicted octanol–water partition coefficient (Wildman–Crippen LogP) is -1.19. The molecule has 0 amide bonds. The van der Waals surface area contributed by atoms with Crippen molar-refractivity contribution in [1.82, 2.24) is 14.8 Å². The third-order valence-electron chi connectivity index (χ3n) is 1.70. The molecule has 0 bridgehead atoms. The lowest BCUT2D eigenvalue weighted by Gasteiger charge is -2.06. The summed E-state index contributed by atoms with van der Waals surface area (Å²) in [4.78, 5) is 21.9. The van der Waals surface area contributed by atoms with E-state index in [1.54, 1.807) is 6.92 Å². The van der Waals surface area contributed by atoms with E-state index >= 15 is 0 Å². The molecule has 1 heterocycles. The second-order valence-corrected chi connectivity index (χ2v) is 2.59. The third-order valence-corrected chi connectivity index (χ3v) is 1.70. The van der Waals surface area contributed by atoms with E-state index in [0.717, 1.165) is 4.57 Å². The molecule has 0 aromatic carbocycles. The molecule has 0 aliphatic heterocycles. The largest absolute Gasteiger partial charge is 0.396 e. The van der Waals surface area contributed by atoms with Crippen molar-refractivity contribution in [2.24, 2.45) is 0 Å². The van der Waals surface area contributed by atoms with Crippen LogP contribution >= 0.6 is 0 Å². The Morgan fingerprint density at radius 2 is 1.92 bits per heavy atom. The average Bonchev–Trinajstić information content (AvgIpc) is 2.32. The Morgan fingerprint density at radius 1 is 1.42 bits per heavy atom. The zero-order valence-electron chi connectivity index (χ0n) is 6.70. The zero-order chi connectivity index (χ0) is 9.14. The van der Waals surface area contributed by atoms with Crippen LogP contribution in [0.4, 0.5) is 0 Å². The summed E-state index contributed by atoms with van der Waals surface area (Å²) in [5, 5.41) is 12.9. The molecule has 6 nitrogen and oxygen atoms in total. The summed E-state index contributed by atoms with van der Waals surface area (Å²) >= 11 is 0. The zero-order valence-corrected chi connectivity index (χ0v) is 6.70. The minimum atomic E-state index is -0.471. The van der Waals surface area contributed by atoms with Gasteiger partial charge in [0.1, 0.15) is 0 Å². The summed E-state index contributed by atoms with van der Waals surface area (Å²) < 4.78 is 1.04. The van der Waals surface area contributed by atoms with E-state index in [1.165, 1.54) is 0 Å². The van der Waals surface area contributed by atoms with Gasteiger partial charge in [-0.25, -0.2) is 24.4 Å². The lowest BCUT2D eigenvalue weighted by atomic mass is 10.2. The van der Waals surface area contributed by atoms with E-state index in [2.05, 4.69) is 10.2 Å². The molecule has 1 unspecified atom stereocenters. The number of aliphatic hydroxyl groups excluding tert-OH is 1. The quantitative estimate of drug-likeness (QED) is 0.536. The lowest BCUT2D eigenvalue weighted by molar-refractivity contribution is 0.260. The highest BCUT2D eigenvalue weighted by molar-refractivity contribution is 4.71. The van der Waals surface area contributed by atoms with Gasteiger partial charge in [0.25, 0.3) is 0 Å². The van der Waals surface area contributed by atoms with Crippen LogP contribution in [0.5, 0.6) is 0 Å². The lowest BCUT2D eigenvalue weighted by Crippen LogP contribution is -2.30. The summed E-state index contributed by atoms with van der Waals surface area (Å²) in [6.45, 7) is 1.65. The Morgan fingerprint density at radius 3 is 2.33 bits per heavy atom. The van der Waals surface area contributed by atoms with Crippen LogP contribution in [0.2, 0.25) is 0 Å². The molecule has 6 heteroatoms. The van der Waals surface area contributed by atoms with Crippen LogP contribution < -0.4 is 11.4 Å². The molecule has 1 rings (SSSR count). The smallest absolute Gasteiger partial charge is 0.344 e. The number of H-pyrrole nitrogens is 2. The van der Waals surface area contributed by atoms with E-state index in [0.29, 0.717) is 6.42 Å². The Hall–Kier alpha value is -1.30. The fraction of sp³-hybridized carbons (Fsp3) is 0.667. The standard InChI is InChI=1S/C6H11N3O3/c1-4(2-3-10)9-5(11)7-8-6(9)12/h4,10H,2-3H2,1H3,(H,7,11)(H,8,12). The van der Waals surface area contributed by atoms with Gasteiger partial charge in [0.2, 0.25) is 0 Å². The Labute approximate surface area is 67.8 Å². The molecular weight excluding hydrogens is 162 g/mol. The minimum absolute atomic E-state index is 0.0434. The fourth-order valence-corrected chi connectivity index (χ4v) is 1.04. The molecule has 1 aromatic rings. The molecule has 3 N–H and O–H groups in total. The van der Waals surface area contributed by atoms with Crippen LogP contribution in [0.3, 0.4) is 0 Å². The van der Waals surface area contributed by atoms with Crippen LogP contribution in [0.1, 0.15) is 19.4 Å². The maximum absolute atomic E-state index is 11.0. The number of hydrogen-bond acceptors (Lipinski definition) is 3. The van der Waals surface area contributed by atoms with Gasteiger partial charge in [-0.05, 0) is 13.3 Å². The van der Waals surface area contributed by atoms with E-state index in [9.17, 15) is 9.59 Å². The summed E-state index contributed by atoms with van der Waals surface area (Å²) in [7, 11) is 0. The number of nitrogens with one attached hydrogen (secondary N) is 2. The summed E-state index contributed by atoms with van der Waals surface area (Å²) in [6, 6.07) is -0.280. The first-order chi connectivity index (χ1) is 5.66. The molecule has 1 atom stereocenters. The summed E-state index contributed by atoms with van der Waals surface area (Å²) in [5.41, 5.74) is -0.943. The van der Waals surface area contributed by atoms with Crippen molar-refractivity contribution >= 4 is 0 Å². The Balaban J connectivity index is 3.01. The second kappa shape index (κ2) is 3.40. The molecule has 12 heavy (non-hydrogen) atoms. The summed E-state index contributed by atoms with van der Waals surface area (Å²) in [5.74, 6) is 0. The van der Waals surface area contributed by atoms with Gasteiger partial charge in [-0.3, -0.25) is 0 Å².